The molecular formula is C24H23Cl2N3O4S. The van der Waals surface area contributed by atoms with Crippen LogP contribution in [0.2, 0.25) is 5.02 Å². The minimum Gasteiger partial charge on any atom is -0.493 e. The van der Waals surface area contributed by atoms with Gasteiger partial charge in [-0.1, -0.05) is 29.4 Å². The van der Waals surface area contributed by atoms with E-state index in [1.54, 1.807) is 49.1 Å². The maximum atomic E-state index is 13.2. The van der Waals surface area contributed by atoms with Crippen LogP contribution < -0.4 is 19.1 Å². The van der Waals surface area contributed by atoms with Crippen LogP contribution in [0.4, 0.5) is 5.69 Å². The van der Waals surface area contributed by atoms with Crippen molar-refractivity contribution < 1.29 is 19.0 Å². The van der Waals surface area contributed by atoms with Crippen molar-refractivity contribution in [3.63, 3.8) is 0 Å². The quantitative estimate of drug-likeness (QED) is 0.521. The van der Waals surface area contributed by atoms with Crippen LogP contribution in [0.5, 0.6) is 17.2 Å². The highest BCUT2D eigenvalue weighted by atomic mass is 35.5. The molecule has 0 aliphatic carbocycles. The van der Waals surface area contributed by atoms with Crippen LogP contribution in [0.1, 0.15) is 11.1 Å². The summed E-state index contributed by atoms with van der Waals surface area (Å²) in [5, 5.41) is 3.59. The molecule has 5 rings (SSSR count). The third kappa shape index (κ3) is 4.45. The van der Waals surface area contributed by atoms with Crippen molar-refractivity contribution >= 4 is 64.3 Å². The zero-order valence-corrected chi connectivity index (χ0v) is 21.0. The third-order valence-electron chi connectivity index (χ3n) is 5.62. The van der Waals surface area contributed by atoms with E-state index in [-0.39, 0.29) is 18.3 Å². The molecule has 0 spiro atoms. The van der Waals surface area contributed by atoms with Gasteiger partial charge in [0.25, 0.3) is 5.91 Å². The Labute approximate surface area is 213 Å². The molecule has 3 heterocycles. The SMILES string of the molecule is COc1ccc(C=CC(=O)N2CCOc3c(C4=CSC5=NCCN45)cc(Cl)cc32)cc1OC.Cl. The number of rotatable bonds is 5. The number of amides is 1. The second-order valence-electron chi connectivity index (χ2n) is 7.52. The number of hydrogen-bond donors (Lipinski definition) is 0. The zero-order valence-electron chi connectivity index (χ0n) is 18.6. The number of carbonyl (C=O) groups excluding carboxylic acids is 1. The van der Waals surface area contributed by atoms with Gasteiger partial charge in [-0.25, -0.2) is 0 Å². The Morgan fingerprint density at radius 2 is 2.00 bits per heavy atom. The Morgan fingerprint density at radius 1 is 1.18 bits per heavy atom. The highest BCUT2D eigenvalue weighted by molar-refractivity contribution is 8.16. The molecule has 34 heavy (non-hydrogen) atoms. The van der Waals surface area contributed by atoms with Gasteiger partial charge in [0.05, 0.1) is 38.7 Å². The first kappa shape index (κ1) is 24.3. The fraction of sp³-hybridized carbons (Fsp3) is 0.250. The number of anilines is 1. The number of aliphatic imine (C=N–C) groups is 1. The average molecular weight is 520 g/mol. The van der Waals surface area contributed by atoms with Crippen LogP contribution >= 0.6 is 35.8 Å². The third-order valence-corrected chi connectivity index (χ3v) is 6.74. The van der Waals surface area contributed by atoms with Crippen molar-refractivity contribution in [2.24, 2.45) is 4.99 Å². The van der Waals surface area contributed by atoms with E-state index in [2.05, 4.69) is 15.3 Å². The maximum Gasteiger partial charge on any atom is 0.251 e. The number of amidine groups is 1. The van der Waals surface area contributed by atoms with Crippen molar-refractivity contribution in [1.82, 2.24) is 4.90 Å². The molecule has 0 atom stereocenters. The molecule has 0 N–H and O–H groups in total. The lowest BCUT2D eigenvalue weighted by Gasteiger charge is -2.31. The summed E-state index contributed by atoms with van der Waals surface area (Å²) >= 11 is 8.08. The number of methoxy groups -OCH3 is 2. The van der Waals surface area contributed by atoms with E-state index >= 15 is 0 Å². The molecule has 1 amide bonds. The van der Waals surface area contributed by atoms with Crippen molar-refractivity contribution in [3.8, 4) is 17.2 Å². The van der Waals surface area contributed by atoms with Gasteiger partial charge in [-0.05, 0) is 35.9 Å². The number of fused-ring (bicyclic) bond motifs is 2. The van der Waals surface area contributed by atoms with Crippen LogP contribution in [0, 0.1) is 0 Å². The second-order valence-corrected chi connectivity index (χ2v) is 8.80. The lowest BCUT2D eigenvalue weighted by Crippen LogP contribution is -2.37. The van der Waals surface area contributed by atoms with Crippen LogP contribution in [-0.4, -0.2) is 56.4 Å². The average Bonchev–Trinajstić information content (AvgIpc) is 3.45. The van der Waals surface area contributed by atoms with Gasteiger partial charge >= 0.3 is 0 Å². The molecule has 2 aromatic carbocycles. The van der Waals surface area contributed by atoms with Crippen molar-refractivity contribution in [2.75, 3.05) is 45.4 Å². The first-order valence-electron chi connectivity index (χ1n) is 10.5. The van der Waals surface area contributed by atoms with E-state index in [9.17, 15) is 4.79 Å². The first-order chi connectivity index (χ1) is 16.1. The number of thioether (sulfide) groups is 1. The molecule has 2 aromatic rings. The van der Waals surface area contributed by atoms with Gasteiger partial charge in [0.1, 0.15) is 6.61 Å². The van der Waals surface area contributed by atoms with Crippen molar-refractivity contribution in [3.05, 3.63) is 58.0 Å². The molecule has 3 aliphatic heterocycles. The Hall–Kier alpha value is -2.81. The number of halogens is 2. The molecule has 0 radical (unpaired) electrons. The number of carbonyl (C=O) groups is 1. The predicted molar refractivity (Wildman–Crippen MR) is 140 cm³/mol. The molecule has 10 heteroatoms. The minimum absolute atomic E-state index is 0. The molecule has 7 nitrogen and oxygen atoms in total. The molecule has 0 aromatic heterocycles. The van der Waals surface area contributed by atoms with Crippen LogP contribution in [0.3, 0.4) is 0 Å². The fourth-order valence-electron chi connectivity index (χ4n) is 4.06. The van der Waals surface area contributed by atoms with Gasteiger partial charge in [-0.15, -0.1) is 12.4 Å². The maximum absolute atomic E-state index is 13.2. The number of nitrogens with zero attached hydrogens (tertiary/aromatic N) is 3. The molecule has 0 saturated carbocycles. The monoisotopic (exact) mass is 519 g/mol. The zero-order chi connectivity index (χ0) is 22.9. The summed E-state index contributed by atoms with van der Waals surface area (Å²) in [7, 11) is 3.17. The van der Waals surface area contributed by atoms with E-state index in [1.807, 2.05) is 24.3 Å². The predicted octanol–water partition coefficient (Wildman–Crippen LogP) is 4.93. The smallest absolute Gasteiger partial charge is 0.251 e. The summed E-state index contributed by atoms with van der Waals surface area (Å²) in [4.78, 5) is 21.6. The van der Waals surface area contributed by atoms with Crippen molar-refractivity contribution in [1.29, 1.82) is 0 Å². The van der Waals surface area contributed by atoms with Gasteiger partial charge in [0.15, 0.2) is 22.4 Å². The van der Waals surface area contributed by atoms with Gasteiger partial charge in [-0.2, -0.15) is 0 Å². The van der Waals surface area contributed by atoms with E-state index < -0.39 is 0 Å². The minimum atomic E-state index is -0.152. The summed E-state index contributed by atoms with van der Waals surface area (Å²) < 4.78 is 16.7. The Kier molecular flexibility index (Phi) is 7.30. The van der Waals surface area contributed by atoms with E-state index in [0.717, 1.165) is 35.1 Å². The van der Waals surface area contributed by atoms with E-state index in [4.69, 9.17) is 25.8 Å². The van der Waals surface area contributed by atoms with Gasteiger partial charge < -0.3 is 24.0 Å². The number of benzene rings is 2. The van der Waals surface area contributed by atoms with Gasteiger partial charge in [-0.3, -0.25) is 9.79 Å². The number of ether oxygens (including phenoxy) is 3. The Balaban J connectivity index is 0.00000274. The normalized spacial score (nSPS) is 16.3. The first-order valence-corrected chi connectivity index (χ1v) is 11.7. The molecule has 3 aliphatic rings. The molecule has 0 bridgehead atoms. The molecule has 178 valence electrons. The highest BCUT2D eigenvalue weighted by Crippen LogP contribution is 2.45. The topological polar surface area (TPSA) is 63.6 Å². The fourth-order valence-corrected chi connectivity index (χ4v) is 5.22. The highest BCUT2D eigenvalue weighted by Gasteiger charge is 2.32. The standard InChI is InChI=1S/C24H22ClN3O4S.ClH/c1-30-20-5-3-15(11-21(20)31-2)4-6-22(29)27-9-10-32-23-17(12-16(25)13-18(23)27)19-14-33-24-26-7-8-28(19)24;/h3-6,11-14H,7-10H2,1-2H3;1H. The van der Waals surface area contributed by atoms with Crippen LogP contribution in [-0.2, 0) is 4.79 Å². The summed E-state index contributed by atoms with van der Waals surface area (Å²) in [5.74, 6) is 1.75. The number of hydrogen-bond acceptors (Lipinski definition) is 7. The molecular weight excluding hydrogens is 497 g/mol. The summed E-state index contributed by atoms with van der Waals surface area (Å²) in [6, 6.07) is 9.17. The molecule has 0 saturated heterocycles. The molecule has 0 unspecified atom stereocenters. The second kappa shape index (κ2) is 10.2. The van der Waals surface area contributed by atoms with Crippen molar-refractivity contribution in [2.45, 2.75) is 0 Å². The lowest BCUT2D eigenvalue weighted by atomic mass is 10.1. The Morgan fingerprint density at radius 3 is 2.79 bits per heavy atom. The summed E-state index contributed by atoms with van der Waals surface area (Å²) in [5.41, 5.74) is 3.38. The summed E-state index contributed by atoms with van der Waals surface area (Å²) in [6.45, 7) is 2.44. The van der Waals surface area contributed by atoms with E-state index in [0.29, 0.717) is 41.1 Å². The molecule has 0 fully saturated rings. The lowest BCUT2D eigenvalue weighted by molar-refractivity contribution is -0.114. The summed E-state index contributed by atoms with van der Waals surface area (Å²) in [6.07, 6.45) is 3.31. The van der Waals surface area contributed by atoms with Gasteiger partial charge in [0.2, 0.25) is 0 Å². The largest absolute Gasteiger partial charge is 0.493 e. The van der Waals surface area contributed by atoms with Crippen LogP contribution in [0.15, 0.2) is 46.8 Å². The Bertz CT molecular complexity index is 1210. The van der Waals surface area contributed by atoms with E-state index in [1.165, 1.54) is 0 Å². The van der Waals surface area contributed by atoms with Crippen LogP contribution in [0.25, 0.3) is 11.8 Å². The van der Waals surface area contributed by atoms with Gasteiger partial charge in [0, 0.05) is 28.6 Å².